The van der Waals surface area contributed by atoms with Crippen LogP contribution in [0.5, 0.6) is 0 Å². The number of likely N-dealkylation sites (tertiary alicyclic amines) is 1. The lowest BCUT2D eigenvalue weighted by atomic mass is 10.0. The Labute approximate surface area is 157 Å². The number of halogens is 1. The maximum absolute atomic E-state index is 10.4. The first-order valence-electron chi connectivity index (χ1n) is 9.12. The van der Waals surface area contributed by atoms with Crippen LogP contribution in [-0.4, -0.2) is 60.3 Å². The van der Waals surface area contributed by atoms with Gasteiger partial charge in [0.05, 0.1) is 5.60 Å². The van der Waals surface area contributed by atoms with E-state index < -0.39 is 5.60 Å². The van der Waals surface area contributed by atoms with Crippen molar-refractivity contribution in [2.75, 3.05) is 26.7 Å². The topological polar surface area (TPSA) is 59.9 Å². The first-order chi connectivity index (χ1) is 10.7. The van der Waals surface area contributed by atoms with Crippen molar-refractivity contribution in [3.63, 3.8) is 0 Å². The van der Waals surface area contributed by atoms with E-state index in [-0.39, 0.29) is 24.0 Å². The third kappa shape index (κ3) is 5.19. The number of aliphatic imine (C=N–C) groups is 1. The summed E-state index contributed by atoms with van der Waals surface area (Å²) in [5, 5.41) is 17.3. The van der Waals surface area contributed by atoms with Crippen LogP contribution >= 0.6 is 24.0 Å². The molecule has 0 spiro atoms. The summed E-state index contributed by atoms with van der Waals surface area (Å²) in [7, 11) is 1.82. The quantitative estimate of drug-likeness (QED) is 0.359. The molecule has 5 nitrogen and oxygen atoms in total. The largest absolute Gasteiger partial charge is 0.388 e. The second-order valence-corrected chi connectivity index (χ2v) is 7.42. The summed E-state index contributed by atoms with van der Waals surface area (Å²) in [6, 6.07) is 1.31. The normalized spacial score (nSPS) is 28.8. The molecule has 134 valence electrons. The van der Waals surface area contributed by atoms with Gasteiger partial charge in [-0.1, -0.05) is 25.7 Å². The van der Waals surface area contributed by atoms with Crippen LogP contribution in [-0.2, 0) is 0 Å². The third-order valence-electron chi connectivity index (χ3n) is 5.74. The van der Waals surface area contributed by atoms with Gasteiger partial charge in [-0.25, -0.2) is 0 Å². The van der Waals surface area contributed by atoms with Gasteiger partial charge in [0.2, 0.25) is 0 Å². The summed E-state index contributed by atoms with van der Waals surface area (Å²) in [5.74, 6) is 0.846. The fourth-order valence-corrected chi connectivity index (χ4v) is 4.35. The van der Waals surface area contributed by atoms with E-state index in [1.54, 1.807) is 0 Å². The molecule has 3 aliphatic rings. The van der Waals surface area contributed by atoms with E-state index in [2.05, 4.69) is 20.5 Å². The van der Waals surface area contributed by atoms with Crippen LogP contribution in [0.2, 0.25) is 0 Å². The van der Waals surface area contributed by atoms with Gasteiger partial charge in [-0.3, -0.25) is 9.89 Å². The molecule has 2 saturated carbocycles. The van der Waals surface area contributed by atoms with Gasteiger partial charge in [0.25, 0.3) is 0 Å². The Bertz CT molecular complexity index is 392. The predicted octanol–water partition coefficient (Wildman–Crippen LogP) is 2.09. The van der Waals surface area contributed by atoms with Crippen LogP contribution in [0.25, 0.3) is 0 Å². The molecule has 0 bridgehead atoms. The first-order valence-corrected chi connectivity index (χ1v) is 9.12. The minimum absolute atomic E-state index is 0. The smallest absolute Gasteiger partial charge is 0.191 e. The molecular formula is C17H33IN4O. The highest BCUT2D eigenvalue weighted by Gasteiger charge is 2.32. The lowest BCUT2D eigenvalue weighted by Gasteiger charge is -2.26. The fourth-order valence-electron chi connectivity index (χ4n) is 4.35. The van der Waals surface area contributed by atoms with E-state index >= 15 is 0 Å². The van der Waals surface area contributed by atoms with Crippen molar-refractivity contribution < 1.29 is 5.11 Å². The minimum atomic E-state index is -0.525. The zero-order valence-corrected chi connectivity index (χ0v) is 16.7. The number of guanidine groups is 1. The van der Waals surface area contributed by atoms with Crippen molar-refractivity contribution in [3.8, 4) is 0 Å². The summed E-state index contributed by atoms with van der Waals surface area (Å²) in [5.41, 5.74) is -0.525. The highest BCUT2D eigenvalue weighted by Crippen LogP contribution is 2.28. The second-order valence-electron chi connectivity index (χ2n) is 7.42. The number of aliphatic hydroxyl groups is 1. The SMILES string of the molecule is CN=C(NCC1(O)CCCC1)NC1CCN(C2CCCC2)C1.I. The average Bonchev–Trinajstić information content (AvgIpc) is 3.25. The molecule has 0 amide bonds. The van der Waals surface area contributed by atoms with E-state index in [4.69, 9.17) is 0 Å². The van der Waals surface area contributed by atoms with Gasteiger partial charge in [-0.15, -0.1) is 24.0 Å². The molecule has 0 aromatic heterocycles. The van der Waals surface area contributed by atoms with Gasteiger partial charge in [-0.2, -0.15) is 0 Å². The van der Waals surface area contributed by atoms with Gasteiger partial charge < -0.3 is 15.7 Å². The van der Waals surface area contributed by atoms with E-state index in [1.807, 2.05) is 7.05 Å². The van der Waals surface area contributed by atoms with E-state index in [0.29, 0.717) is 12.6 Å². The van der Waals surface area contributed by atoms with Crippen LogP contribution in [0, 0.1) is 0 Å². The summed E-state index contributed by atoms with van der Waals surface area (Å²) in [6.45, 7) is 2.96. The molecule has 3 fully saturated rings. The number of hydrogen-bond donors (Lipinski definition) is 3. The number of nitrogens with one attached hydrogen (secondary N) is 2. The van der Waals surface area contributed by atoms with Crippen LogP contribution in [0.15, 0.2) is 4.99 Å². The van der Waals surface area contributed by atoms with Crippen LogP contribution < -0.4 is 10.6 Å². The maximum Gasteiger partial charge on any atom is 0.191 e. The molecule has 1 atom stereocenters. The Morgan fingerprint density at radius 1 is 1.17 bits per heavy atom. The Morgan fingerprint density at radius 3 is 2.52 bits per heavy atom. The van der Waals surface area contributed by atoms with Crippen molar-refractivity contribution in [2.45, 2.75) is 75.5 Å². The van der Waals surface area contributed by atoms with E-state index in [9.17, 15) is 5.11 Å². The van der Waals surface area contributed by atoms with Crippen LogP contribution in [0.3, 0.4) is 0 Å². The van der Waals surface area contributed by atoms with E-state index in [1.165, 1.54) is 38.6 Å². The molecule has 0 aromatic rings. The highest BCUT2D eigenvalue weighted by atomic mass is 127. The number of nitrogens with zero attached hydrogens (tertiary/aromatic N) is 2. The zero-order chi connectivity index (χ0) is 15.4. The van der Waals surface area contributed by atoms with Gasteiger partial charge >= 0.3 is 0 Å². The Hall–Kier alpha value is -0.0800. The molecule has 1 saturated heterocycles. The zero-order valence-electron chi connectivity index (χ0n) is 14.4. The summed E-state index contributed by atoms with van der Waals surface area (Å²) in [4.78, 5) is 6.99. The number of hydrogen-bond acceptors (Lipinski definition) is 3. The summed E-state index contributed by atoms with van der Waals surface area (Å²) >= 11 is 0. The monoisotopic (exact) mass is 436 g/mol. The van der Waals surface area contributed by atoms with Crippen molar-refractivity contribution >= 4 is 29.9 Å². The highest BCUT2D eigenvalue weighted by molar-refractivity contribution is 14.0. The van der Waals surface area contributed by atoms with Gasteiger partial charge in [0.1, 0.15) is 0 Å². The molecular weight excluding hydrogens is 403 g/mol. The molecule has 3 rings (SSSR count). The molecule has 0 radical (unpaired) electrons. The Balaban J connectivity index is 0.00000192. The number of rotatable bonds is 4. The molecule has 1 unspecified atom stereocenters. The van der Waals surface area contributed by atoms with Crippen molar-refractivity contribution in [1.82, 2.24) is 15.5 Å². The standard InChI is InChI=1S/C17H32N4O.HI/c1-18-16(19-13-17(22)9-4-5-10-17)20-14-8-11-21(12-14)15-6-2-3-7-15;/h14-15,22H,2-13H2,1H3,(H2,18,19,20);1H. The third-order valence-corrected chi connectivity index (χ3v) is 5.74. The Morgan fingerprint density at radius 2 is 1.87 bits per heavy atom. The first kappa shape index (κ1) is 19.2. The Kier molecular flexibility index (Phi) is 7.41. The van der Waals surface area contributed by atoms with Crippen LogP contribution in [0.4, 0.5) is 0 Å². The van der Waals surface area contributed by atoms with Gasteiger partial charge in [0.15, 0.2) is 5.96 Å². The molecule has 1 aliphatic heterocycles. The lowest BCUT2D eigenvalue weighted by molar-refractivity contribution is 0.0521. The molecule has 23 heavy (non-hydrogen) atoms. The molecule has 3 N–H and O–H groups in total. The minimum Gasteiger partial charge on any atom is -0.388 e. The second kappa shape index (κ2) is 8.85. The lowest BCUT2D eigenvalue weighted by Crippen LogP contribution is -2.49. The molecule has 6 heteroatoms. The van der Waals surface area contributed by atoms with Crippen LogP contribution in [0.1, 0.15) is 57.8 Å². The average molecular weight is 436 g/mol. The van der Waals surface area contributed by atoms with Crippen molar-refractivity contribution in [2.24, 2.45) is 4.99 Å². The maximum atomic E-state index is 10.4. The molecule has 0 aromatic carbocycles. The molecule has 1 heterocycles. The van der Waals surface area contributed by atoms with Gasteiger partial charge in [0, 0.05) is 38.8 Å². The van der Waals surface area contributed by atoms with Gasteiger partial charge in [-0.05, 0) is 32.1 Å². The summed E-state index contributed by atoms with van der Waals surface area (Å²) in [6.07, 6.45) is 10.9. The van der Waals surface area contributed by atoms with Crippen molar-refractivity contribution in [3.05, 3.63) is 0 Å². The van der Waals surface area contributed by atoms with E-state index in [0.717, 1.165) is 44.2 Å². The predicted molar refractivity (Wildman–Crippen MR) is 106 cm³/mol. The molecule has 2 aliphatic carbocycles. The fraction of sp³-hybridized carbons (Fsp3) is 0.941. The van der Waals surface area contributed by atoms with Crippen molar-refractivity contribution in [1.29, 1.82) is 0 Å². The summed E-state index contributed by atoms with van der Waals surface area (Å²) < 4.78 is 0.